The van der Waals surface area contributed by atoms with E-state index < -0.39 is 11.7 Å². The molecule has 8 heteroatoms. The topological polar surface area (TPSA) is 52.0 Å². The Bertz CT molecular complexity index is 1120. The molecule has 4 aromatic rings. The number of fused-ring (bicyclic) bond motifs is 1. The van der Waals surface area contributed by atoms with Crippen molar-refractivity contribution in [3.63, 3.8) is 0 Å². The molecular weight excluding hydrogens is 369 g/mol. The van der Waals surface area contributed by atoms with Crippen molar-refractivity contribution in [3.8, 4) is 11.4 Å². The molecule has 4 rings (SSSR count). The molecule has 0 atom stereocenters. The number of halogens is 3. The molecule has 0 bridgehead atoms. The number of benzene rings is 2. The Kier molecular flexibility index (Phi) is 4.38. The monoisotopic (exact) mass is 384 g/mol. The third kappa shape index (κ3) is 3.48. The van der Waals surface area contributed by atoms with Gasteiger partial charge in [-0.3, -0.25) is 4.98 Å². The van der Waals surface area contributed by atoms with E-state index in [4.69, 9.17) is 4.74 Å². The van der Waals surface area contributed by atoms with Crippen LogP contribution in [0.3, 0.4) is 0 Å². The van der Waals surface area contributed by atoms with Crippen LogP contribution < -0.4 is 10.1 Å². The van der Waals surface area contributed by atoms with E-state index in [1.165, 1.54) is 6.07 Å². The number of nitrogens with one attached hydrogen (secondary N) is 1. The van der Waals surface area contributed by atoms with Crippen LogP contribution in [0.2, 0.25) is 0 Å². The van der Waals surface area contributed by atoms with E-state index in [0.29, 0.717) is 28.0 Å². The van der Waals surface area contributed by atoms with E-state index in [0.717, 1.165) is 17.8 Å². The largest absolute Gasteiger partial charge is 0.497 e. The number of aromatic nitrogens is 3. The third-order valence-corrected chi connectivity index (χ3v) is 4.24. The van der Waals surface area contributed by atoms with Gasteiger partial charge in [-0.2, -0.15) is 18.3 Å². The van der Waals surface area contributed by atoms with Crippen LogP contribution in [0.25, 0.3) is 16.6 Å². The molecule has 0 aliphatic rings. The van der Waals surface area contributed by atoms with E-state index in [1.54, 1.807) is 48.6 Å². The first-order chi connectivity index (χ1) is 13.4. The molecule has 0 saturated carbocycles. The van der Waals surface area contributed by atoms with E-state index in [-0.39, 0.29) is 0 Å². The summed E-state index contributed by atoms with van der Waals surface area (Å²) in [5.41, 5.74) is 1.65. The Morgan fingerprint density at radius 3 is 2.61 bits per heavy atom. The minimum Gasteiger partial charge on any atom is -0.497 e. The lowest BCUT2D eigenvalue weighted by Crippen LogP contribution is -2.05. The van der Waals surface area contributed by atoms with Crippen molar-refractivity contribution in [2.75, 3.05) is 12.4 Å². The van der Waals surface area contributed by atoms with Crippen LogP contribution in [0.15, 0.2) is 67.1 Å². The number of anilines is 2. The molecular formula is C20H15F3N4O. The van der Waals surface area contributed by atoms with E-state index in [9.17, 15) is 13.2 Å². The first kappa shape index (κ1) is 17.8. The molecule has 0 spiro atoms. The van der Waals surface area contributed by atoms with Gasteiger partial charge in [0.15, 0.2) is 0 Å². The van der Waals surface area contributed by atoms with Crippen molar-refractivity contribution in [3.05, 3.63) is 72.7 Å². The van der Waals surface area contributed by atoms with Gasteiger partial charge in [-0.1, -0.05) is 0 Å². The summed E-state index contributed by atoms with van der Waals surface area (Å²) in [5, 5.41) is 7.75. The van der Waals surface area contributed by atoms with Crippen molar-refractivity contribution >= 4 is 22.3 Å². The maximum absolute atomic E-state index is 13.1. The Hall–Kier alpha value is -3.55. The first-order valence-electron chi connectivity index (χ1n) is 8.36. The zero-order chi connectivity index (χ0) is 19.7. The van der Waals surface area contributed by atoms with Crippen molar-refractivity contribution in [1.29, 1.82) is 0 Å². The van der Waals surface area contributed by atoms with Crippen LogP contribution in [0.4, 0.5) is 24.5 Å². The number of hydrogen-bond donors (Lipinski definition) is 1. The van der Waals surface area contributed by atoms with Crippen LogP contribution in [0.5, 0.6) is 5.75 Å². The Balaban J connectivity index is 1.79. The number of rotatable bonds is 4. The predicted molar refractivity (Wildman–Crippen MR) is 100 cm³/mol. The predicted octanol–water partition coefficient (Wildman–Crippen LogP) is 5.19. The number of hydrogen-bond acceptors (Lipinski definition) is 4. The van der Waals surface area contributed by atoms with Crippen molar-refractivity contribution < 1.29 is 17.9 Å². The fraction of sp³-hybridized carbons (Fsp3) is 0.100. The highest BCUT2D eigenvalue weighted by Gasteiger charge is 2.30. The molecule has 0 unspecified atom stereocenters. The minimum absolute atomic E-state index is 0.376. The van der Waals surface area contributed by atoms with Gasteiger partial charge in [0.25, 0.3) is 0 Å². The molecule has 0 saturated heterocycles. The van der Waals surface area contributed by atoms with Crippen LogP contribution >= 0.6 is 0 Å². The lowest BCUT2D eigenvalue weighted by molar-refractivity contribution is -0.137. The molecule has 0 aliphatic heterocycles. The highest BCUT2D eigenvalue weighted by molar-refractivity contribution is 5.93. The minimum atomic E-state index is -4.43. The second-order valence-electron chi connectivity index (χ2n) is 6.08. The SMILES string of the molecule is COc1cc(Nc2ccnc3ccc(C(F)(F)F)cc23)cc(-n2cccn2)c1. The van der Waals surface area contributed by atoms with Crippen LogP contribution in [-0.2, 0) is 6.18 Å². The van der Waals surface area contributed by atoms with Gasteiger partial charge < -0.3 is 10.1 Å². The molecule has 0 fully saturated rings. The average molecular weight is 384 g/mol. The molecule has 28 heavy (non-hydrogen) atoms. The summed E-state index contributed by atoms with van der Waals surface area (Å²) in [4.78, 5) is 4.15. The number of alkyl halides is 3. The Labute approximate surface area is 158 Å². The lowest BCUT2D eigenvalue weighted by Gasteiger charge is -2.14. The van der Waals surface area contributed by atoms with Crippen LogP contribution in [0.1, 0.15) is 5.56 Å². The highest BCUT2D eigenvalue weighted by atomic mass is 19.4. The summed E-state index contributed by atoms with van der Waals surface area (Å²) in [6.45, 7) is 0. The lowest BCUT2D eigenvalue weighted by atomic mass is 10.1. The molecule has 0 radical (unpaired) electrons. The van der Waals surface area contributed by atoms with Gasteiger partial charge in [-0.05, 0) is 36.4 Å². The quantitative estimate of drug-likeness (QED) is 0.526. The zero-order valence-corrected chi connectivity index (χ0v) is 14.7. The van der Waals surface area contributed by atoms with Gasteiger partial charge in [-0.15, -0.1) is 0 Å². The molecule has 2 aromatic carbocycles. The zero-order valence-electron chi connectivity index (χ0n) is 14.7. The number of ether oxygens (including phenoxy) is 1. The van der Waals surface area contributed by atoms with E-state index in [1.807, 2.05) is 12.1 Å². The molecule has 2 aromatic heterocycles. The van der Waals surface area contributed by atoms with E-state index in [2.05, 4.69) is 15.4 Å². The second-order valence-corrected chi connectivity index (χ2v) is 6.08. The van der Waals surface area contributed by atoms with Gasteiger partial charge in [0.05, 0.1) is 23.9 Å². The molecule has 0 amide bonds. The smallest absolute Gasteiger partial charge is 0.416 e. The Morgan fingerprint density at radius 2 is 1.89 bits per heavy atom. The summed E-state index contributed by atoms with van der Waals surface area (Å²) in [5.74, 6) is 0.588. The summed E-state index contributed by atoms with van der Waals surface area (Å²) in [7, 11) is 1.55. The van der Waals surface area contributed by atoms with Gasteiger partial charge in [0.2, 0.25) is 0 Å². The molecule has 142 valence electrons. The average Bonchev–Trinajstić information content (AvgIpc) is 3.22. The second kappa shape index (κ2) is 6.88. The maximum atomic E-state index is 13.1. The number of methoxy groups -OCH3 is 1. The molecule has 1 N–H and O–H groups in total. The summed E-state index contributed by atoms with van der Waals surface area (Å²) >= 11 is 0. The molecule has 5 nitrogen and oxygen atoms in total. The fourth-order valence-electron chi connectivity index (χ4n) is 2.91. The number of pyridine rings is 1. The Morgan fingerprint density at radius 1 is 1.04 bits per heavy atom. The number of nitrogens with zero attached hydrogens (tertiary/aromatic N) is 3. The van der Waals surface area contributed by atoms with Gasteiger partial charge >= 0.3 is 6.18 Å². The van der Waals surface area contributed by atoms with Gasteiger partial charge in [0, 0.05) is 47.5 Å². The normalized spacial score (nSPS) is 11.6. The van der Waals surface area contributed by atoms with Gasteiger partial charge in [0.1, 0.15) is 5.75 Å². The van der Waals surface area contributed by atoms with Crippen molar-refractivity contribution in [1.82, 2.24) is 14.8 Å². The van der Waals surface area contributed by atoms with Crippen molar-refractivity contribution in [2.24, 2.45) is 0 Å². The molecule has 2 heterocycles. The standard InChI is InChI=1S/C20H15F3N4O/c1-28-16-11-14(10-15(12-16)27-8-2-6-25-27)26-19-5-7-24-18-4-3-13(9-17(18)19)20(21,22)23/h2-12H,1H3,(H,24,26). The van der Waals surface area contributed by atoms with Crippen molar-refractivity contribution in [2.45, 2.75) is 6.18 Å². The highest BCUT2D eigenvalue weighted by Crippen LogP contribution is 2.34. The van der Waals surface area contributed by atoms with E-state index >= 15 is 0 Å². The summed E-state index contributed by atoms with van der Waals surface area (Å²) in [6, 6.07) is 12.3. The summed E-state index contributed by atoms with van der Waals surface area (Å²) in [6.07, 6.45) is 0.564. The first-order valence-corrected chi connectivity index (χ1v) is 8.36. The van der Waals surface area contributed by atoms with Gasteiger partial charge in [-0.25, -0.2) is 4.68 Å². The third-order valence-electron chi connectivity index (χ3n) is 4.24. The fourth-order valence-corrected chi connectivity index (χ4v) is 2.91. The van der Waals surface area contributed by atoms with Crippen LogP contribution in [-0.4, -0.2) is 21.9 Å². The maximum Gasteiger partial charge on any atom is 0.416 e. The molecule has 0 aliphatic carbocycles. The van der Waals surface area contributed by atoms with Crippen LogP contribution in [0, 0.1) is 0 Å². The summed E-state index contributed by atoms with van der Waals surface area (Å²) < 4.78 is 46.4.